The fraction of sp³-hybridized carbons (Fsp3) is 0. The van der Waals surface area contributed by atoms with E-state index in [1.165, 1.54) is 96.3 Å². The molecular weight excluding hydrogens is 561 g/mol. The molecule has 0 nitrogen and oxygen atoms in total. The van der Waals surface area contributed by atoms with E-state index in [2.05, 4.69) is 158 Å². The summed E-state index contributed by atoms with van der Waals surface area (Å²) in [5.74, 6) is 0. The summed E-state index contributed by atoms with van der Waals surface area (Å²) in [5, 5.41) is 15.6. The van der Waals surface area contributed by atoms with Crippen LogP contribution in [0, 0.1) is 0 Å². The van der Waals surface area contributed by atoms with Crippen molar-refractivity contribution in [3.8, 4) is 22.3 Å². The zero-order valence-electron chi connectivity index (χ0n) is 24.4. The lowest BCUT2D eigenvalue weighted by Crippen LogP contribution is -1.85. The van der Waals surface area contributed by atoms with E-state index in [1.54, 1.807) is 0 Å². The zero-order chi connectivity index (χ0) is 29.5. The normalized spacial score (nSPS) is 12.0. The monoisotopic (exact) mass is 586 g/mol. The second-order valence-electron chi connectivity index (χ2n) is 12.1. The minimum Gasteiger partial charge on any atom is -0.135 e. The van der Waals surface area contributed by atoms with E-state index in [9.17, 15) is 0 Å². The van der Waals surface area contributed by atoms with E-state index in [-0.39, 0.29) is 0 Å². The summed E-state index contributed by atoms with van der Waals surface area (Å²) >= 11 is 1.89. The fourth-order valence-corrected chi connectivity index (χ4v) is 8.62. The highest BCUT2D eigenvalue weighted by Gasteiger charge is 2.13. The Kier molecular flexibility index (Phi) is 5.25. The van der Waals surface area contributed by atoms with E-state index in [1.807, 2.05) is 11.3 Å². The molecular formula is C44H26S. The molecule has 208 valence electrons. The third kappa shape index (κ3) is 3.78. The van der Waals surface area contributed by atoms with Crippen LogP contribution in [0.3, 0.4) is 0 Å². The maximum absolute atomic E-state index is 2.40. The first-order chi connectivity index (χ1) is 22.3. The quantitative estimate of drug-likeness (QED) is 0.177. The number of rotatable bonds is 2. The van der Waals surface area contributed by atoms with Crippen molar-refractivity contribution in [1.82, 2.24) is 0 Å². The van der Waals surface area contributed by atoms with Gasteiger partial charge in [0.25, 0.3) is 0 Å². The van der Waals surface area contributed by atoms with Crippen molar-refractivity contribution in [3.05, 3.63) is 158 Å². The number of fused-ring (bicyclic) bond motifs is 11. The van der Waals surface area contributed by atoms with Crippen LogP contribution in [-0.2, 0) is 0 Å². The molecule has 0 aliphatic carbocycles. The SMILES string of the molecule is c1ccc2c(c1)ccc1cc(-c3ccc4ccc5c6cc(-c7cccc8c7sc7ccccc78)ccc6ccc5c4c3)ccc12. The van der Waals surface area contributed by atoms with Gasteiger partial charge in [-0.05, 0) is 100 Å². The third-order valence-electron chi connectivity index (χ3n) is 9.63. The Morgan fingerprint density at radius 3 is 1.67 bits per heavy atom. The molecule has 0 aliphatic rings. The minimum atomic E-state index is 1.25. The summed E-state index contributed by atoms with van der Waals surface area (Å²) in [6.07, 6.45) is 0. The van der Waals surface area contributed by atoms with Gasteiger partial charge in [0, 0.05) is 20.2 Å². The zero-order valence-corrected chi connectivity index (χ0v) is 25.2. The van der Waals surface area contributed by atoms with Gasteiger partial charge < -0.3 is 0 Å². The van der Waals surface area contributed by atoms with Crippen molar-refractivity contribution in [2.75, 3.05) is 0 Å². The minimum absolute atomic E-state index is 1.25. The average Bonchev–Trinajstić information content (AvgIpc) is 3.49. The molecule has 0 saturated heterocycles. The highest BCUT2D eigenvalue weighted by Crippen LogP contribution is 2.42. The van der Waals surface area contributed by atoms with E-state index in [0.29, 0.717) is 0 Å². The van der Waals surface area contributed by atoms with Crippen LogP contribution in [0.25, 0.3) is 96.3 Å². The van der Waals surface area contributed by atoms with Gasteiger partial charge in [-0.3, -0.25) is 0 Å². The molecule has 45 heavy (non-hydrogen) atoms. The van der Waals surface area contributed by atoms with Crippen LogP contribution in [0.15, 0.2) is 158 Å². The van der Waals surface area contributed by atoms with Gasteiger partial charge in [0.1, 0.15) is 0 Å². The van der Waals surface area contributed by atoms with Gasteiger partial charge >= 0.3 is 0 Å². The molecule has 10 aromatic rings. The molecule has 10 rings (SSSR count). The first-order valence-corrected chi connectivity index (χ1v) is 16.3. The van der Waals surface area contributed by atoms with Crippen LogP contribution in [0.5, 0.6) is 0 Å². The summed E-state index contributed by atoms with van der Waals surface area (Å²) in [4.78, 5) is 0. The average molecular weight is 587 g/mol. The predicted molar refractivity (Wildman–Crippen MR) is 198 cm³/mol. The molecule has 0 N–H and O–H groups in total. The Balaban J connectivity index is 1.15. The van der Waals surface area contributed by atoms with Crippen LogP contribution in [0.2, 0.25) is 0 Å². The summed E-state index contributed by atoms with van der Waals surface area (Å²) in [7, 11) is 0. The molecule has 0 amide bonds. The maximum Gasteiger partial charge on any atom is 0.0433 e. The Hall–Kier alpha value is -5.50. The van der Waals surface area contributed by atoms with Crippen LogP contribution in [-0.4, -0.2) is 0 Å². The maximum atomic E-state index is 2.40. The van der Waals surface area contributed by atoms with Crippen molar-refractivity contribution in [1.29, 1.82) is 0 Å². The highest BCUT2D eigenvalue weighted by molar-refractivity contribution is 7.26. The van der Waals surface area contributed by atoms with Gasteiger partial charge in [-0.25, -0.2) is 0 Å². The molecule has 0 aliphatic heterocycles. The molecule has 9 aromatic carbocycles. The Bertz CT molecular complexity index is 2820. The summed E-state index contributed by atoms with van der Waals surface area (Å²) in [6.45, 7) is 0. The molecule has 0 unspecified atom stereocenters. The lowest BCUT2D eigenvalue weighted by molar-refractivity contribution is 1.69. The second kappa shape index (κ2) is 9.50. The molecule has 1 heteroatoms. The Morgan fingerprint density at radius 1 is 0.289 bits per heavy atom. The smallest absolute Gasteiger partial charge is 0.0433 e. The van der Waals surface area contributed by atoms with Gasteiger partial charge in [-0.1, -0.05) is 133 Å². The van der Waals surface area contributed by atoms with Gasteiger partial charge in [-0.15, -0.1) is 11.3 Å². The van der Waals surface area contributed by atoms with Crippen LogP contribution in [0.1, 0.15) is 0 Å². The summed E-state index contributed by atoms with van der Waals surface area (Å²) < 4.78 is 2.70. The topological polar surface area (TPSA) is 0 Å². The van der Waals surface area contributed by atoms with Gasteiger partial charge in [-0.2, -0.15) is 0 Å². The van der Waals surface area contributed by atoms with Crippen LogP contribution >= 0.6 is 11.3 Å². The van der Waals surface area contributed by atoms with Crippen molar-refractivity contribution in [3.63, 3.8) is 0 Å². The van der Waals surface area contributed by atoms with E-state index in [4.69, 9.17) is 0 Å². The first-order valence-electron chi connectivity index (χ1n) is 15.5. The number of hydrogen-bond donors (Lipinski definition) is 0. The number of benzene rings is 9. The van der Waals surface area contributed by atoms with E-state index < -0.39 is 0 Å². The fourth-order valence-electron chi connectivity index (χ4n) is 7.38. The molecule has 0 fully saturated rings. The second-order valence-corrected chi connectivity index (χ2v) is 13.2. The number of hydrogen-bond acceptors (Lipinski definition) is 1. The largest absolute Gasteiger partial charge is 0.135 e. The summed E-state index contributed by atoms with van der Waals surface area (Å²) in [5.41, 5.74) is 5.07. The van der Waals surface area contributed by atoms with E-state index in [0.717, 1.165) is 0 Å². The van der Waals surface area contributed by atoms with Crippen molar-refractivity contribution < 1.29 is 0 Å². The number of thiophene rings is 1. The standard InChI is InChI=1S/C44H26S/c1-2-7-34-27(6-1)13-16-32-24-30(20-21-35(32)34)31-15-12-28-18-23-38-37(41(28)25-31)22-19-29-14-17-33(26-42(29)38)36-9-5-10-40-39-8-3-4-11-43(39)45-44(36)40/h1-26H. The molecule has 0 saturated carbocycles. The third-order valence-corrected chi connectivity index (χ3v) is 10.8. The Morgan fingerprint density at radius 2 is 0.822 bits per heavy atom. The van der Waals surface area contributed by atoms with Crippen LogP contribution < -0.4 is 0 Å². The lowest BCUT2D eigenvalue weighted by atomic mass is 9.92. The first kappa shape index (κ1) is 24.9. The van der Waals surface area contributed by atoms with Crippen molar-refractivity contribution in [2.24, 2.45) is 0 Å². The Labute approximate surface area is 264 Å². The van der Waals surface area contributed by atoms with Crippen molar-refractivity contribution >= 4 is 85.4 Å². The molecule has 0 bridgehead atoms. The highest BCUT2D eigenvalue weighted by atomic mass is 32.1. The molecule has 1 heterocycles. The van der Waals surface area contributed by atoms with Crippen LogP contribution in [0.4, 0.5) is 0 Å². The molecule has 0 atom stereocenters. The molecule has 0 radical (unpaired) electrons. The van der Waals surface area contributed by atoms with E-state index >= 15 is 0 Å². The van der Waals surface area contributed by atoms with Gasteiger partial charge in [0.15, 0.2) is 0 Å². The van der Waals surface area contributed by atoms with Crippen molar-refractivity contribution in [2.45, 2.75) is 0 Å². The molecule has 1 aromatic heterocycles. The summed E-state index contributed by atoms with van der Waals surface area (Å²) in [6, 6.07) is 58.6. The van der Waals surface area contributed by atoms with Gasteiger partial charge in [0.2, 0.25) is 0 Å². The predicted octanol–water partition coefficient (Wildman–Crippen LogP) is 13.2. The lowest BCUT2D eigenvalue weighted by Gasteiger charge is -2.12. The van der Waals surface area contributed by atoms with Gasteiger partial charge in [0.05, 0.1) is 0 Å². The molecule has 0 spiro atoms.